The zero-order valence-corrected chi connectivity index (χ0v) is 11.1. The zero-order chi connectivity index (χ0) is 14.7. The highest BCUT2D eigenvalue weighted by Gasteiger charge is 2.08. The van der Waals surface area contributed by atoms with Gasteiger partial charge in [0.2, 0.25) is 5.95 Å². The van der Waals surface area contributed by atoms with Gasteiger partial charge in [-0.1, -0.05) is 30.3 Å². The largest absolute Gasteiger partial charge is 0.352 e. The lowest BCUT2D eigenvalue weighted by molar-refractivity contribution is 0.0706. The van der Waals surface area contributed by atoms with Gasteiger partial charge >= 0.3 is 0 Å². The van der Waals surface area contributed by atoms with Crippen molar-refractivity contribution in [3.63, 3.8) is 0 Å². The van der Waals surface area contributed by atoms with E-state index in [1.807, 2.05) is 30.3 Å². The Morgan fingerprint density at radius 1 is 1.19 bits per heavy atom. The molecule has 3 aromatic rings. The summed E-state index contributed by atoms with van der Waals surface area (Å²) >= 11 is 0. The molecule has 3 rings (SSSR count). The molecule has 6 nitrogen and oxygen atoms in total. The molecular weight excluding hydrogens is 268 g/mol. The molecule has 0 aliphatic rings. The third-order valence-corrected chi connectivity index (χ3v) is 3.15. The zero-order valence-electron chi connectivity index (χ0n) is 11.1. The number of hydrogen-bond acceptors (Lipinski definition) is 4. The minimum atomic E-state index is -0.551. The van der Waals surface area contributed by atoms with Gasteiger partial charge in [0, 0.05) is 12.1 Å². The Kier molecular flexibility index (Phi) is 3.53. The molecular formula is C15H14N4O2. The molecule has 1 heterocycles. The van der Waals surface area contributed by atoms with Gasteiger partial charge in [-0.05, 0) is 23.8 Å². The Bertz CT molecular complexity index is 768. The Balaban J connectivity index is 1.79. The van der Waals surface area contributed by atoms with Crippen LogP contribution in [-0.4, -0.2) is 21.1 Å². The van der Waals surface area contributed by atoms with Gasteiger partial charge in [-0.15, -0.1) is 0 Å². The fraction of sp³-hybridized carbons (Fsp3) is 0.0667. The number of nitrogens with zero attached hydrogens (tertiary/aromatic N) is 1. The molecule has 4 N–H and O–H groups in total. The Hall–Kier alpha value is -2.86. The lowest BCUT2D eigenvalue weighted by Crippen LogP contribution is -2.18. The van der Waals surface area contributed by atoms with Crippen LogP contribution in [0.5, 0.6) is 0 Å². The van der Waals surface area contributed by atoms with E-state index in [1.165, 1.54) is 0 Å². The first kappa shape index (κ1) is 13.1. The predicted octanol–water partition coefficient (Wildman–Crippen LogP) is 2.29. The molecule has 1 amide bonds. The molecule has 21 heavy (non-hydrogen) atoms. The van der Waals surface area contributed by atoms with Crippen molar-refractivity contribution in [2.24, 2.45) is 0 Å². The number of aromatic nitrogens is 2. The van der Waals surface area contributed by atoms with Gasteiger partial charge in [-0.2, -0.15) is 0 Å². The molecule has 0 saturated carbocycles. The van der Waals surface area contributed by atoms with Crippen LogP contribution in [0.3, 0.4) is 0 Å². The van der Waals surface area contributed by atoms with Crippen molar-refractivity contribution in [2.75, 3.05) is 5.32 Å². The second kappa shape index (κ2) is 5.64. The van der Waals surface area contributed by atoms with Crippen LogP contribution in [0.1, 0.15) is 15.9 Å². The van der Waals surface area contributed by atoms with E-state index in [0.717, 1.165) is 16.6 Å². The fourth-order valence-electron chi connectivity index (χ4n) is 2.08. The second-order valence-electron chi connectivity index (χ2n) is 4.60. The van der Waals surface area contributed by atoms with Crippen LogP contribution in [0, 0.1) is 0 Å². The summed E-state index contributed by atoms with van der Waals surface area (Å²) < 4.78 is 0. The Morgan fingerprint density at radius 3 is 2.76 bits per heavy atom. The standard InChI is InChI=1S/C15H14N4O2/c20-14(19-21)11-6-7-12-13(8-11)18-15(17-12)16-9-10-4-2-1-3-5-10/h1-8,21H,9H2,(H,19,20)(H2,16,17,18). The molecule has 0 unspecified atom stereocenters. The molecule has 0 aliphatic heterocycles. The van der Waals surface area contributed by atoms with Crippen molar-refractivity contribution < 1.29 is 10.0 Å². The average Bonchev–Trinajstić information content (AvgIpc) is 2.95. The molecule has 106 valence electrons. The molecule has 6 heteroatoms. The summed E-state index contributed by atoms with van der Waals surface area (Å²) in [4.78, 5) is 18.9. The quantitative estimate of drug-likeness (QED) is 0.436. The topological polar surface area (TPSA) is 90.0 Å². The summed E-state index contributed by atoms with van der Waals surface area (Å²) in [6.45, 7) is 0.657. The van der Waals surface area contributed by atoms with E-state index >= 15 is 0 Å². The van der Waals surface area contributed by atoms with Crippen LogP contribution in [-0.2, 0) is 6.54 Å². The Labute approximate surface area is 120 Å². The van der Waals surface area contributed by atoms with Crippen molar-refractivity contribution >= 4 is 22.9 Å². The summed E-state index contributed by atoms with van der Waals surface area (Å²) in [5.74, 6) is 0.0840. The molecule has 0 atom stereocenters. The summed E-state index contributed by atoms with van der Waals surface area (Å²) in [5, 5.41) is 11.8. The van der Waals surface area contributed by atoms with Crippen LogP contribution >= 0.6 is 0 Å². The third-order valence-electron chi connectivity index (χ3n) is 3.15. The van der Waals surface area contributed by atoms with E-state index in [0.29, 0.717) is 18.1 Å². The summed E-state index contributed by atoms with van der Waals surface area (Å²) in [7, 11) is 0. The smallest absolute Gasteiger partial charge is 0.274 e. The highest BCUT2D eigenvalue weighted by molar-refractivity contribution is 5.96. The molecule has 0 spiro atoms. The maximum Gasteiger partial charge on any atom is 0.274 e. The molecule has 2 aromatic carbocycles. The van der Waals surface area contributed by atoms with Gasteiger partial charge in [0.25, 0.3) is 5.91 Å². The lowest BCUT2D eigenvalue weighted by Gasteiger charge is -2.01. The van der Waals surface area contributed by atoms with E-state index in [-0.39, 0.29) is 0 Å². The van der Waals surface area contributed by atoms with Crippen LogP contribution in [0.15, 0.2) is 48.5 Å². The third kappa shape index (κ3) is 2.85. The van der Waals surface area contributed by atoms with Crippen molar-refractivity contribution in [3.05, 3.63) is 59.7 Å². The van der Waals surface area contributed by atoms with Crippen LogP contribution in [0.25, 0.3) is 11.0 Å². The minimum Gasteiger partial charge on any atom is -0.352 e. The number of H-pyrrole nitrogens is 1. The molecule has 0 fully saturated rings. The summed E-state index contributed by atoms with van der Waals surface area (Å²) in [6, 6.07) is 15.0. The first-order chi connectivity index (χ1) is 10.3. The van der Waals surface area contributed by atoms with Crippen molar-refractivity contribution in [1.82, 2.24) is 15.4 Å². The Morgan fingerprint density at radius 2 is 2.00 bits per heavy atom. The van der Waals surface area contributed by atoms with Gasteiger partial charge in [-0.3, -0.25) is 10.0 Å². The van der Waals surface area contributed by atoms with Gasteiger partial charge in [0.05, 0.1) is 11.0 Å². The average molecular weight is 282 g/mol. The normalized spacial score (nSPS) is 10.5. The first-order valence-corrected chi connectivity index (χ1v) is 6.48. The minimum absolute atomic E-state index is 0.364. The van der Waals surface area contributed by atoms with E-state index in [4.69, 9.17) is 5.21 Å². The highest BCUT2D eigenvalue weighted by Crippen LogP contribution is 2.16. The number of imidazole rings is 1. The van der Waals surface area contributed by atoms with E-state index < -0.39 is 5.91 Å². The highest BCUT2D eigenvalue weighted by atomic mass is 16.5. The van der Waals surface area contributed by atoms with Crippen molar-refractivity contribution in [3.8, 4) is 0 Å². The molecule has 1 aromatic heterocycles. The van der Waals surface area contributed by atoms with Crippen molar-refractivity contribution in [1.29, 1.82) is 0 Å². The predicted molar refractivity (Wildman–Crippen MR) is 79.1 cm³/mol. The summed E-state index contributed by atoms with van der Waals surface area (Å²) in [6.07, 6.45) is 0. The number of anilines is 1. The number of aromatic amines is 1. The van der Waals surface area contributed by atoms with E-state index in [2.05, 4.69) is 15.3 Å². The number of hydrogen-bond donors (Lipinski definition) is 4. The number of rotatable bonds is 4. The maximum absolute atomic E-state index is 11.4. The number of fused-ring (bicyclic) bond motifs is 1. The number of hydroxylamine groups is 1. The number of amides is 1. The van der Waals surface area contributed by atoms with Crippen LogP contribution < -0.4 is 10.8 Å². The van der Waals surface area contributed by atoms with Crippen molar-refractivity contribution in [2.45, 2.75) is 6.54 Å². The van der Waals surface area contributed by atoms with Gasteiger partial charge in [0.1, 0.15) is 0 Å². The van der Waals surface area contributed by atoms with Crippen LogP contribution in [0.4, 0.5) is 5.95 Å². The number of carbonyl (C=O) groups is 1. The second-order valence-corrected chi connectivity index (χ2v) is 4.60. The lowest BCUT2D eigenvalue weighted by atomic mass is 10.2. The molecule has 0 bridgehead atoms. The van der Waals surface area contributed by atoms with Gasteiger partial charge in [-0.25, -0.2) is 10.5 Å². The van der Waals surface area contributed by atoms with E-state index in [1.54, 1.807) is 23.7 Å². The monoisotopic (exact) mass is 282 g/mol. The SMILES string of the molecule is O=C(NO)c1ccc2nc(NCc3ccccc3)[nH]c2c1. The maximum atomic E-state index is 11.4. The molecule has 0 aliphatic carbocycles. The number of nitrogens with one attached hydrogen (secondary N) is 3. The first-order valence-electron chi connectivity index (χ1n) is 6.48. The van der Waals surface area contributed by atoms with Crippen LogP contribution in [0.2, 0.25) is 0 Å². The number of carbonyl (C=O) groups excluding carboxylic acids is 1. The molecule has 0 saturated heterocycles. The summed E-state index contributed by atoms with van der Waals surface area (Å²) in [5.41, 5.74) is 4.60. The fourth-order valence-corrected chi connectivity index (χ4v) is 2.08. The number of benzene rings is 2. The van der Waals surface area contributed by atoms with Gasteiger partial charge in [0.15, 0.2) is 0 Å². The molecule has 0 radical (unpaired) electrons. The van der Waals surface area contributed by atoms with E-state index in [9.17, 15) is 4.79 Å². The van der Waals surface area contributed by atoms with Gasteiger partial charge < -0.3 is 10.3 Å².